The maximum atomic E-state index is 4.76. The molecule has 1 aromatic heterocycles. The van der Waals surface area contributed by atoms with Crippen molar-refractivity contribution in [1.82, 2.24) is 15.6 Å². The summed E-state index contributed by atoms with van der Waals surface area (Å²) >= 11 is 0. The molecule has 0 spiro atoms. The van der Waals surface area contributed by atoms with Gasteiger partial charge in [0, 0.05) is 36.5 Å². The van der Waals surface area contributed by atoms with Crippen molar-refractivity contribution in [2.75, 3.05) is 13.1 Å². The highest BCUT2D eigenvalue weighted by molar-refractivity contribution is 5.95. The van der Waals surface area contributed by atoms with E-state index in [0.29, 0.717) is 5.92 Å². The zero-order valence-electron chi connectivity index (χ0n) is 18.3. The normalized spacial score (nSPS) is 18.2. The molecule has 3 nitrogen and oxygen atoms in total. The lowest BCUT2D eigenvalue weighted by Crippen LogP contribution is -2.40. The maximum absolute atomic E-state index is 4.76. The van der Waals surface area contributed by atoms with E-state index in [0.717, 1.165) is 46.9 Å². The molecule has 1 saturated heterocycles. The van der Waals surface area contributed by atoms with Crippen molar-refractivity contribution < 1.29 is 0 Å². The van der Waals surface area contributed by atoms with Crippen LogP contribution in [0.5, 0.6) is 0 Å². The minimum Gasteiger partial charge on any atom is -0.359 e. The molecule has 2 N–H and O–H groups in total. The average molecular weight is 418 g/mol. The third-order valence-corrected chi connectivity index (χ3v) is 5.90. The Labute approximate surface area is 189 Å². The van der Waals surface area contributed by atoms with Gasteiger partial charge in [0.05, 0.1) is 11.4 Å². The summed E-state index contributed by atoms with van der Waals surface area (Å²) in [7, 11) is 0. The second-order valence-electron chi connectivity index (χ2n) is 8.44. The first kappa shape index (κ1) is 20.2. The van der Waals surface area contributed by atoms with Crippen LogP contribution in [0.25, 0.3) is 23.4 Å². The van der Waals surface area contributed by atoms with E-state index in [1.54, 1.807) is 0 Å². The Balaban J connectivity index is 1.62. The van der Waals surface area contributed by atoms with Gasteiger partial charge in [-0.15, -0.1) is 0 Å². The van der Waals surface area contributed by atoms with Gasteiger partial charge in [0.2, 0.25) is 0 Å². The largest absolute Gasteiger partial charge is 0.359 e. The van der Waals surface area contributed by atoms with Crippen LogP contribution in [0.4, 0.5) is 0 Å². The van der Waals surface area contributed by atoms with Crippen LogP contribution in [0.2, 0.25) is 0 Å². The van der Waals surface area contributed by atoms with E-state index in [4.69, 9.17) is 4.98 Å². The Hall–Kier alpha value is -3.69. The van der Waals surface area contributed by atoms with Gasteiger partial charge in [0.25, 0.3) is 0 Å². The van der Waals surface area contributed by atoms with E-state index in [-0.39, 0.29) is 0 Å². The molecule has 3 aliphatic rings. The number of pyridine rings is 1. The summed E-state index contributed by atoms with van der Waals surface area (Å²) < 4.78 is 0. The van der Waals surface area contributed by atoms with E-state index in [1.807, 2.05) is 25.3 Å². The van der Waals surface area contributed by atoms with Gasteiger partial charge < -0.3 is 10.6 Å². The van der Waals surface area contributed by atoms with Gasteiger partial charge in [-0.1, -0.05) is 49.1 Å². The minimum absolute atomic E-state index is 0.625. The summed E-state index contributed by atoms with van der Waals surface area (Å²) in [5.41, 5.74) is 7.41. The van der Waals surface area contributed by atoms with Gasteiger partial charge in [-0.2, -0.15) is 0 Å². The quantitative estimate of drug-likeness (QED) is 0.795. The summed E-state index contributed by atoms with van der Waals surface area (Å²) in [6.45, 7) is 8.37. The van der Waals surface area contributed by atoms with Gasteiger partial charge >= 0.3 is 0 Å². The lowest BCUT2D eigenvalue weighted by atomic mass is 9.99. The molecule has 32 heavy (non-hydrogen) atoms. The second kappa shape index (κ2) is 8.81. The summed E-state index contributed by atoms with van der Waals surface area (Å²) in [4.78, 5) is 4.76. The van der Waals surface area contributed by atoms with Gasteiger partial charge in [-0.3, -0.25) is 4.98 Å². The van der Waals surface area contributed by atoms with E-state index < -0.39 is 0 Å². The molecule has 1 aliphatic carbocycles. The zero-order valence-corrected chi connectivity index (χ0v) is 18.3. The fraction of sp³-hybridized carbons (Fsp3) is 0.138. The number of allylic oxidation sites excluding steroid dienone is 8. The first-order chi connectivity index (χ1) is 15.7. The Morgan fingerprint density at radius 1 is 1.03 bits per heavy atom. The van der Waals surface area contributed by atoms with Crippen LogP contribution in [0.1, 0.15) is 17.0 Å². The highest BCUT2D eigenvalue weighted by atomic mass is 14.9. The monoisotopic (exact) mass is 417 g/mol. The molecule has 0 bridgehead atoms. The Morgan fingerprint density at radius 3 is 2.75 bits per heavy atom. The van der Waals surface area contributed by atoms with Crippen LogP contribution in [-0.4, -0.2) is 18.1 Å². The van der Waals surface area contributed by atoms with Crippen molar-refractivity contribution in [3.05, 3.63) is 124 Å². The molecule has 2 aliphatic heterocycles. The first-order valence-corrected chi connectivity index (χ1v) is 11.1. The Kier molecular flexibility index (Phi) is 5.57. The third kappa shape index (κ3) is 4.34. The Morgan fingerprint density at radius 2 is 1.94 bits per heavy atom. The third-order valence-electron chi connectivity index (χ3n) is 5.90. The van der Waals surface area contributed by atoms with Crippen molar-refractivity contribution in [3.63, 3.8) is 0 Å². The predicted molar refractivity (Wildman–Crippen MR) is 135 cm³/mol. The smallest absolute Gasteiger partial charge is 0.0873 e. The van der Waals surface area contributed by atoms with E-state index in [2.05, 4.69) is 90.1 Å². The summed E-state index contributed by atoms with van der Waals surface area (Å²) in [5, 5.41) is 9.14. The number of fused-ring (bicyclic) bond motifs is 1. The minimum atomic E-state index is 0.625. The molecule has 0 unspecified atom stereocenters. The molecule has 0 saturated carbocycles. The van der Waals surface area contributed by atoms with E-state index in [1.165, 1.54) is 16.0 Å². The SMILES string of the molecule is C=C1C=C(/C=C/C2CNC2)C=c2cc(C3=C(c4cccc(C)n4)NC=CC=C3)ccc2=C1. The number of aryl methyl sites for hydroxylation is 1. The second-order valence-corrected chi connectivity index (χ2v) is 8.44. The summed E-state index contributed by atoms with van der Waals surface area (Å²) in [6, 6.07) is 12.8. The topological polar surface area (TPSA) is 37.0 Å². The number of hydrogen-bond acceptors (Lipinski definition) is 3. The fourth-order valence-electron chi connectivity index (χ4n) is 4.10. The van der Waals surface area contributed by atoms with Gasteiger partial charge in [0.1, 0.15) is 0 Å². The maximum Gasteiger partial charge on any atom is 0.0873 e. The van der Waals surface area contributed by atoms with Crippen molar-refractivity contribution in [2.24, 2.45) is 5.92 Å². The van der Waals surface area contributed by atoms with Gasteiger partial charge in [-0.25, -0.2) is 0 Å². The molecule has 1 aromatic carbocycles. The molecular formula is C29H27N3. The van der Waals surface area contributed by atoms with Crippen molar-refractivity contribution in [1.29, 1.82) is 0 Å². The highest BCUT2D eigenvalue weighted by Crippen LogP contribution is 2.25. The van der Waals surface area contributed by atoms with Crippen LogP contribution in [-0.2, 0) is 0 Å². The number of nitrogens with zero attached hydrogens (tertiary/aromatic N) is 1. The molecule has 0 radical (unpaired) electrons. The van der Waals surface area contributed by atoms with E-state index >= 15 is 0 Å². The lowest BCUT2D eigenvalue weighted by Gasteiger charge is -2.23. The van der Waals surface area contributed by atoms with E-state index in [9.17, 15) is 0 Å². The van der Waals surface area contributed by atoms with Gasteiger partial charge in [0.15, 0.2) is 0 Å². The number of hydrogen-bond donors (Lipinski definition) is 2. The molecule has 0 amide bonds. The summed E-state index contributed by atoms with van der Waals surface area (Å²) in [5.74, 6) is 0.625. The molecule has 5 rings (SSSR count). The predicted octanol–water partition coefficient (Wildman–Crippen LogP) is 3.76. The van der Waals surface area contributed by atoms with Crippen LogP contribution in [0, 0.1) is 12.8 Å². The lowest BCUT2D eigenvalue weighted by molar-refractivity contribution is 0.419. The number of aromatic nitrogens is 1. The van der Waals surface area contributed by atoms with Crippen LogP contribution < -0.4 is 21.1 Å². The van der Waals surface area contributed by atoms with Crippen LogP contribution in [0.15, 0.2) is 96.8 Å². The molecule has 3 heteroatoms. The van der Waals surface area contributed by atoms with Crippen molar-refractivity contribution >= 4 is 23.4 Å². The first-order valence-electron chi connectivity index (χ1n) is 11.1. The zero-order chi connectivity index (χ0) is 21.9. The molecular weight excluding hydrogens is 390 g/mol. The van der Waals surface area contributed by atoms with Crippen LogP contribution in [0.3, 0.4) is 0 Å². The number of rotatable bonds is 4. The fourth-order valence-corrected chi connectivity index (χ4v) is 4.10. The van der Waals surface area contributed by atoms with Crippen molar-refractivity contribution in [3.8, 4) is 0 Å². The molecule has 0 atom stereocenters. The van der Waals surface area contributed by atoms with Crippen LogP contribution >= 0.6 is 0 Å². The number of nitrogens with one attached hydrogen (secondary N) is 2. The molecule has 3 heterocycles. The molecule has 158 valence electrons. The average Bonchev–Trinajstić information content (AvgIpc) is 3.08. The van der Waals surface area contributed by atoms with Gasteiger partial charge in [-0.05, 0) is 76.6 Å². The summed E-state index contributed by atoms with van der Waals surface area (Å²) in [6.07, 6.45) is 19.3. The standard InChI is InChI=1S/C29H27N3/c1-20-14-22(9-10-23-18-30-19-23)16-26-17-25(12-11-24(26)15-20)27-7-3-4-13-31-29(27)28-8-5-6-21(2)32-28/h3-17,23,30-31H,1,18-19H2,2H3/b10-9+. The Bertz CT molecular complexity index is 1350. The molecule has 1 fully saturated rings. The molecule has 2 aromatic rings. The van der Waals surface area contributed by atoms with Crippen molar-refractivity contribution in [2.45, 2.75) is 6.92 Å². The number of benzene rings is 1. The highest BCUT2D eigenvalue weighted by Gasteiger charge is 2.13.